The van der Waals surface area contributed by atoms with Crippen molar-refractivity contribution in [2.45, 2.75) is 26.9 Å². The van der Waals surface area contributed by atoms with Crippen LogP contribution in [-0.2, 0) is 21.4 Å². The number of nitrogens with one attached hydrogen (secondary N) is 3. The standard InChI is InChI=1S/C15H25N3O4S/c1-3-22-12-13-8-5-6-9-14(13)18-15(19)16-10-7-11-17-23(20,21)4-2/h5-6,8-9,17H,3-4,7,10-12H2,1-2H3,(H2,16,18,19). The summed E-state index contributed by atoms with van der Waals surface area (Å²) in [5.41, 5.74) is 1.60. The van der Waals surface area contributed by atoms with E-state index in [1.54, 1.807) is 6.92 Å². The van der Waals surface area contributed by atoms with E-state index in [4.69, 9.17) is 4.74 Å². The molecule has 130 valence electrons. The molecule has 0 aliphatic carbocycles. The summed E-state index contributed by atoms with van der Waals surface area (Å²) < 4.78 is 30.3. The summed E-state index contributed by atoms with van der Waals surface area (Å²) in [7, 11) is -3.18. The highest BCUT2D eigenvalue weighted by molar-refractivity contribution is 7.89. The third-order valence-corrected chi connectivity index (χ3v) is 4.47. The van der Waals surface area contributed by atoms with Crippen molar-refractivity contribution in [2.75, 3.05) is 30.8 Å². The van der Waals surface area contributed by atoms with Crippen molar-refractivity contribution in [3.63, 3.8) is 0 Å². The predicted octanol–water partition coefficient (Wildman–Crippen LogP) is 1.67. The van der Waals surface area contributed by atoms with Crippen molar-refractivity contribution >= 4 is 21.7 Å². The Bertz CT molecular complexity index is 590. The van der Waals surface area contributed by atoms with Gasteiger partial charge in [-0.15, -0.1) is 0 Å². The fraction of sp³-hybridized carbons (Fsp3) is 0.533. The molecule has 0 spiro atoms. The van der Waals surface area contributed by atoms with Gasteiger partial charge in [0.25, 0.3) is 0 Å². The number of rotatable bonds is 10. The molecule has 3 N–H and O–H groups in total. The number of ether oxygens (including phenoxy) is 1. The first-order valence-corrected chi connectivity index (χ1v) is 9.31. The first kappa shape index (κ1) is 19.4. The molecule has 0 aliphatic heterocycles. The first-order chi connectivity index (χ1) is 11.0. The maximum Gasteiger partial charge on any atom is 0.319 e. The number of hydrogen-bond acceptors (Lipinski definition) is 4. The van der Waals surface area contributed by atoms with E-state index in [-0.39, 0.29) is 11.8 Å². The monoisotopic (exact) mass is 343 g/mol. The van der Waals surface area contributed by atoms with Crippen LogP contribution in [0.4, 0.5) is 10.5 Å². The Morgan fingerprint density at radius 3 is 2.61 bits per heavy atom. The summed E-state index contributed by atoms with van der Waals surface area (Å²) in [6.45, 7) is 5.21. The van der Waals surface area contributed by atoms with E-state index < -0.39 is 10.0 Å². The summed E-state index contributed by atoms with van der Waals surface area (Å²) in [5, 5.41) is 5.46. The van der Waals surface area contributed by atoms with Gasteiger partial charge in [-0.3, -0.25) is 0 Å². The Morgan fingerprint density at radius 2 is 1.91 bits per heavy atom. The summed E-state index contributed by atoms with van der Waals surface area (Å²) >= 11 is 0. The van der Waals surface area contributed by atoms with E-state index in [9.17, 15) is 13.2 Å². The molecule has 1 rings (SSSR count). The second-order valence-electron chi connectivity index (χ2n) is 4.83. The molecule has 0 aromatic heterocycles. The van der Waals surface area contributed by atoms with Gasteiger partial charge >= 0.3 is 6.03 Å². The van der Waals surface area contributed by atoms with E-state index in [1.807, 2.05) is 31.2 Å². The molecule has 8 heteroatoms. The molecular formula is C15H25N3O4S. The minimum Gasteiger partial charge on any atom is -0.377 e. The average molecular weight is 343 g/mol. The minimum atomic E-state index is -3.18. The van der Waals surface area contributed by atoms with Crippen LogP contribution in [0.3, 0.4) is 0 Å². The fourth-order valence-corrected chi connectivity index (χ4v) is 2.43. The number of anilines is 1. The lowest BCUT2D eigenvalue weighted by atomic mass is 10.2. The largest absolute Gasteiger partial charge is 0.377 e. The van der Waals surface area contributed by atoms with Gasteiger partial charge in [0.15, 0.2) is 0 Å². The van der Waals surface area contributed by atoms with Crippen LogP contribution in [0.15, 0.2) is 24.3 Å². The number of amides is 2. The highest BCUT2D eigenvalue weighted by Gasteiger charge is 2.07. The van der Waals surface area contributed by atoms with Crippen LogP contribution in [0.25, 0.3) is 0 Å². The predicted molar refractivity (Wildman–Crippen MR) is 90.9 cm³/mol. The third-order valence-electron chi connectivity index (χ3n) is 3.07. The second-order valence-corrected chi connectivity index (χ2v) is 6.92. The molecule has 0 atom stereocenters. The molecule has 1 aromatic rings. The van der Waals surface area contributed by atoms with E-state index in [0.717, 1.165) is 5.56 Å². The van der Waals surface area contributed by atoms with Crippen LogP contribution >= 0.6 is 0 Å². The van der Waals surface area contributed by atoms with Crippen LogP contribution < -0.4 is 15.4 Å². The van der Waals surface area contributed by atoms with Crippen LogP contribution in [-0.4, -0.2) is 39.9 Å². The maximum atomic E-state index is 11.9. The van der Waals surface area contributed by atoms with Gasteiger partial charge in [-0.1, -0.05) is 18.2 Å². The van der Waals surface area contributed by atoms with Gasteiger partial charge < -0.3 is 15.4 Å². The Morgan fingerprint density at radius 1 is 1.17 bits per heavy atom. The van der Waals surface area contributed by atoms with Gasteiger partial charge in [-0.2, -0.15) is 0 Å². The van der Waals surface area contributed by atoms with Gasteiger partial charge in [0.1, 0.15) is 0 Å². The molecule has 23 heavy (non-hydrogen) atoms. The molecule has 0 saturated carbocycles. The van der Waals surface area contributed by atoms with Crippen LogP contribution in [0.2, 0.25) is 0 Å². The zero-order chi connectivity index (χ0) is 17.1. The topological polar surface area (TPSA) is 96.5 Å². The Hall–Kier alpha value is -1.64. The maximum absolute atomic E-state index is 11.9. The van der Waals surface area contributed by atoms with Gasteiger partial charge in [0, 0.05) is 30.9 Å². The molecule has 0 unspecified atom stereocenters. The summed E-state index contributed by atoms with van der Waals surface area (Å²) in [6.07, 6.45) is 0.521. The summed E-state index contributed by atoms with van der Waals surface area (Å²) in [5.74, 6) is 0.0531. The van der Waals surface area contributed by atoms with E-state index in [1.165, 1.54) is 0 Å². The van der Waals surface area contributed by atoms with E-state index in [0.29, 0.717) is 38.4 Å². The number of hydrogen-bond donors (Lipinski definition) is 3. The fourth-order valence-electron chi connectivity index (χ4n) is 1.77. The molecule has 2 amide bonds. The third kappa shape index (κ3) is 7.96. The Kier molecular flexibility index (Phi) is 8.60. The number of carbonyl (C=O) groups is 1. The molecule has 1 aromatic carbocycles. The van der Waals surface area contributed by atoms with Crippen molar-refractivity contribution < 1.29 is 17.9 Å². The molecule has 0 aliphatic rings. The minimum absolute atomic E-state index is 0.0531. The average Bonchev–Trinajstić information content (AvgIpc) is 2.53. The highest BCUT2D eigenvalue weighted by Crippen LogP contribution is 2.15. The van der Waals surface area contributed by atoms with Gasteiger partial charge in [0.2, 0.25) is 10.0 Å². The molecule has 0 saturated heterocycles. The SMILES string of the molecule is CCOCc1ccccc1NC(=O)NCCCNS(=O)(=O)CC. The lowest BCUT2D eigenvalue weighted by molar-refractivity contribution is 0.134. The van der Waals surface area contributed by atoms with Crippen molar-refractivity contribution in [3.05, 3.63) is 29.8 Å². The molecule has 0 bridgehead atoms. The number of urea groups is 1. The number of carbonyl (C=O) groups excluding carboxylic acids is 1. The van der Waals surface area contributed by atoms with E-state index in [2.05, 4.69) is 15.4 Å². The molecule has 7 nitrogen and oxygen atoms in total. The van der Waals surface area contributed by atoms with Gasteiger partial charge in [0.05, 0.1) is 12.4 Å². The quantitative estimate of drug-likeness (QED) is 0.563. The van der Waals surface area contributed by atoms with Gasteiger partial charge in [-0.25, -0.2) is 17.9 Å². The van der Waals surface area contributed by atoms with Crippen LogP contribution in [0.5, 0.6) is 0 Å². The summed E-state index contributed by atoms with van der Waals surface area (Å²) in [6, 6.07) is 7.10. The molecule has 0 radical (unpaired) electrons. The van der Waals surface area contributed by atoms with E-state index >= 15 is 0 Å². The highest BCUT2D eigenvalue weighted by atomic mass is 32.2. The molecule has 0 heterocycles. The summed E-state index contributed by atoms with van der Waals surface area (Å²) in [4.78, 5) is 11.9. The van der Waals surface area contributed by atoms with Crippen LogP contribution in [0.1, 0.15) is 25.8 Å². The van der Waals surface area contributed by atoms with Crippen LogP contribution in [0, 0.1) is 0 Å². The van der Waals surface area contributed by atoms with Crippen molar-refractivity contribution in [1.82, 2.24) is 10.0 Å². The zero-order valence-corrected chi connectivity index (χ0v) is 14.4. The normalized spacial score (nSPS) is 11.2. The first-order valence-electron chi connectivity index (χ1n) is 7.66. The smallest absolute Gasteiger partial charge is 0.319 e. The molecular weight excluding hydrogens is 318 g/mol. The van der Waals surface area contributed by atoms with Gasteiger partial charge in [-0.05, 0) is 26.3 Å². The molecule has 0 fully saturated rings. The van der Waals surface area contributed by atoms with Crippen molar-refractivity contribution in [2.24, 2.45) is 0 Å². The van der Waals surface area contributed by atoms with Crippen molar-refractivity contribution in [3.8, 4) is 0 Å². The zero-order valence-electron chi connectivity index (χ0n) is 13.6. The Balaban J connectivity index is 2.34. The number of para-hydroxylation sites is 1. The number of sulfonamides is 1. The number of benzene rings is 1. The lowest BCUT2D eigenvalue weighted by Gasteiger charge is -2.12. The second kappa shape index (κ2) is 10.2. The Labute approximate surface area is 137 Å². The van der Waals surface area contributed by atoms with Crippen molar-refractivity contribution in [1.29, 1.82) is 0 Å². The lowest BCUT2D eigenvalue weighted by Crippen LogP contribution is -2.33.